The van der Waals surface area contributed by atoms with Crippen LogP contribution in [0.4, 0.5) is 8.78 Å². The van der Waals surface area contributed by atoms with Crippen LogP contribution in [0.5, 0.6) is 11.5 Å². The molecule has 4 aromatic rings. The summed E-state index contributed by atoms with van der Waals surface area (Å²) in [6, 6.07) is 13.2. The van der Waals surface area contributed by atoms with Crippen LogP contribution < -0.4 is 10.1 Å². The number of carbonyl (C=O) groups excluding carboxylic acids is 3. The van der Waals surface area contributed by atoms with E-state index in [1.807, 2.05) is 11.8 Å². The summed E-state index contributed by atoms with van der Waals surface area (Å²) in [4.78, 5) is 46.5. The number of rotatable bonds is 13. The average Bonchev–Trinajstić information content (AvgIpc) is 3.69. The minimum Gasteiger partial charge on any atom is -0.468 e. The number of aliphatic hydroxyl groups is 1. The van der Waals surface area contributed by atoms with Crippen LogP contribution in [0, 0.1) is 18.6 Å². The van der Waals surface area contributed by atoms with Crippen molar-refractivity contribution in [1.82, 2.24) is 20.2 Å². The average molecular weight is 647 g/mol. The lowest BCUT2D eigenvalue weighted by Crippen LogP contribution is -2.38. The fourth-order valence-electron chi connectivity index (χ4n) is 5.59. The van der Waals surface area contributed by atoms with E-state index >= 15 is 0 Å². The number of aromatic amines is 1. The highest BCUT2D eigenvalue weighted by atomic mass is 19.1. The van der Waals surface area contributed by atoms with Gasteiger partial charge in [-0.15, -0.1) is 0 Å². The number of pyridine rings is 1. The van der Waals surface area contributed by atoms with Crippen molar-refractivity contribution in [2.24, 2.45) is 0 Å². The molecule has 0 spiro atoms. The van der Waals surface area contributed by atoms with Crippen molar-refractivity contribution in [3.63, 3.8) is 0 Å². The number of ether oxygens (including phenoxy) is 2. The molecule has 1 saturated heterocycles. The number of hydrogen-bond donors (Lipinski definition) is 3. The molecular weight excluding hydrogens is 610 g/mol. The first-order valence-corrected chi connectivity index (χ1v) is 15.3. The van der Waals surface area contributed by atoms with Crippen LogP contribution in [-0.4, -0.2) is 76.5 Å². The van der Waals surface area contributed by atoms with Gasteiger partial charge in [0.05, 0.1) is 30.2 Å². The first kappa shape index (κ1) is 33.4. The number of nitrogens with one attached hydrogen (secondary N) is 2. The number of aromatic nitrogens is 2. The van der Waals surface area contributed by atoms with E-state index in [0.29, 0.717) is 55.2 Å². The number of ketones is 1. The van der Waals surface area contributed by atoms with Crippen LogP contribution in [0.1, 0.15) is 39.9 Å². The predicted octanol–water partition coefficient (Wildman–Crippen LogP) is 4.54. The minimum atomic E-state index is -0.615. The molecule has 10 nitrogen and oxygen atoms in total. The van der Waals surface area contributed by atoms with Crippen LogP contribution in [-0.2, 0) is 27.2 Å². The van der Waals surface area contributed by atoms with Gasteiger partial charge in [-0.1, -0.05) is 23.8 Å². The third kappa shape index (κ3) is 8.66. The number of methoxy groups -OCH3 is 1. The van der Waals surface area contributed by atoms with E-state index in [0.717, 1.165) is 5.56 Å². The van der Waals surface area contributed by atoms with Gasteiger partial charge in [0.2, 0.25) is 0 Å². The predicted molar refractivity (Wildman–Crippen MR) is 169 cm³/mol. The number of amides is 1. The lowest BCUT2D eigenvalue weighted by atomic mass is 10.0. The van der Waals surface area contributed by atoms with E-state index < -0.39 is 23.8 Å². The SMILES string of the molecule is COC(=O)[C@@H]1C[C@@H](O)CN1CCCNC(=O)c1c[nH]c(-c2cc(Oc3ccc(CC(=O)Cc4cc(C)ccc4F)c(F)c3)ccn2)c1. The maximum Gasteiger partial charge on any atom is 0.323 e. The first-order valence-electron chi connectivity index (χ1n) is 15.3. The van der Waals surface area contributed by atoms with Gasteiger partial charge in [-0.05, 0) is 48.7 Å². The number of Topliss-reactive ketones (excluding diaryl/α,β-unsaturated/α-hetero) is 1. The molecular formula is C35H36F2N4O6. The van der Waals surface area contributed by atoms with E-state index in [9.17, 15) is 28.3 Å². The van der Waals surface area contributed by atoms with Gasteiger partial charge in [0, 0.05) is 63.4 Å². The summed E-state index contributed by atoms with van der Waals surface area (Å²) in [5.41, 5.74) is 2.76. The zero-order chi connectivity index (χ0) is 33.5. The van der Waals surface area contributed by atoms with Crippen LogP contribution >= 0.6 is 0 Å². The quantitative estimate of drug-likeness (QED) is 0.143. The Kier molecular flexibility index (Phi) is 10.7. The Morgan fingerprint density at radius 3 is 2.60 bits per heavy atom. The highest BCUT2D eigenvalue weighted by molar-refractivity contribution is 5.95. The minimum absolute atomic E-state index is 0.128. The fourth-order valence-corrected chi connectivity index (χ4v) is 5.59. The van der Waals surface area contributed by atoms with Crippen LogP contribution in [0.15, 0.2) is 67.0 Å². The van der Waals surface area contributed by atoms with Gasteiger partial charge < -0.3 is 24.9 Å². The zero-order valence-corrected chi connectivity index (χ0v) is 26.1. The van der Waals surface area contributed by atoms with E-state index in [1.165, 1.54) is 31.5 Å². The van der Waals surface area contributed by atoms with E-state index in [2.05, 4.69) is 15.3 Å². The summed E-state index contributed by atoms with van der Waals surface area (Å²) in [6.07, 6.45) is 3.10. The standard InChI is InChI=1S/C35H36F2N4O6/c1-21-4-7-29(36)23(12-21)14-25(42)13-22-5-6-27(17-30(22)37)47-28-8-10-38-32(18-28)31-15-24(19-40-31)34(44)39-9-3-11-41-20-26(43)16-33(41)35(45)46-2/h4-8,10,12,15,17-19,26,33,40,43H,3,9,11,13-14,16,20H2,1-2H3,(H,39,44)/t26-,33+/m1/s1. The van der Waals surface area contributed by atoms with Crippen LogP contribution in [0.2, 0.25) is 0 Å². The summed E-state index contributed by atoms with van der Waals surface area (Å²) in [5.74, 6) is -1.46. The number of benzene rings is 2. The van der Waals surface area contributed by atoms with Crippen molar-refractivity contribution in [3.8, 4) is 22.9 Å². The topological polar surface area (TPSA) is 134 Å². The third-order valence-corrected chi connectivity index (χ3v) is 7.95. The zero-order valence-electron chi connectivity index (χ0n) is 26.1. The van der Waals surface area contributed by atoms with Gasteiger partial charge >= 0.3 is 5.97 Å². The molecule has 2 aromatic heterocycles. The van der Waals surface area contributed by atoms with Crippen molar-refractivity contribution in [2.75, 3.05) is 26.7 Å². The van der Waals surface area contributed by atoms with Crippen molar-refractivity contribution in [2.45, 2.75) is 44.8 Å². The van der Waals surface area contributed by atoms with Gasteiger partial charge in [-0.3, -0.25) is 24.3 Å². The highest BCUT2D eigenvalue weighted by Crippen LogP contribution is 2.27. The van der Waals surface area contributed by atoms with Gasteiger partial charge in [0.15, 0.2) is 0 Å². The molecule has 0 bridgehead atoms. The molecule has 1 fully saturated rings. The van der Waals surface area contributed by atoms with Crippen molar-refractivity contribution in [3.05, 3.63) is 101 Å². The van der Waals surface area contributed by atoms with Gasteiger partial charge in [-0.25, -0.2) is 8.78 Å². The summed E-state index contributed by atoms with van der Waals surface area (Å²) in [5, 5.41) is 12.8. The largest absolute Gasteiger partial charge is 0.468 e. The third-order valence-electron chi connectivity index (χ3n) is 7.95. The van der Waals surface area contributed by atoms with Crippen molar-refractivity contribution in [1.29, 1.82) is 0 Å². The maximum atomic E-state index is 14.9. The second-order valence-electron chi connectivity index (χ2n) is 11.6. The van der Waals surface area contributed by atoms with Crippen molar-refractivity contribution < 1.29 is 37.7 Å². The molecule has 1 aliphatic rings. The first-order chi connectivity index (χ1) is 22.6. The lowest BCUT2D eigenvalue weighted by Gasteiger charge is -2.21. The number of esters is 1. The smallest absolute Gasteiger partial charge is 0.323 e. The number of halogens is 2. The molecule has 5 rings (SSSR count). The highest BCUT2D eigenvalue weighted by Gasteiger charge is 2.36. The number of aryl methyl sites for hydroxylation is 1. The Balaban J connectivity index is 1.13. The normalized spacial score (nSPS) is 16.2. The molecule has 1 aliphatic heterocycles. The Hall–Kier alpha value is -4.94. The lowest BCUT2D eigenvalue weighted by molar-refractivity contribution is -0.145. The molecule has 0 aliphatic carbocycles. The number of carbonyl (C=O) groups is 3. The second kappa shape index (κ2) is 15.1. The molecule has 2 atom stereocenters. The Morgan fingerprint density at radius 1 is 1.02 bits per heavy atom. The molecule has 47 heavy (non-hydrogen) atoms. The molecule has 0 radical (unpaired) electrons. The van der Waals surface area contributed by atoms with Gasteiger partial charge in [0.25, 0.3) is 5.91 Å². The number of likely N-dealkylation sites (tertiary alicyclic amines) is 1. The van der Waals surface area contributed by atoms with Gasteiger partial charge in [-0.2, -0.15) is 0 Å². The van der Waals surface area contributed by atoms with E-state index in [1.54, 1.807) is 42.6 Å². The van der Waals surface area contributed by atoms with Crippen LogP contribution in [0.25, 0.3) is 11.4 Å². The number of β-amino-alcohol motifs (C(OH)–C–C–N with tert-alkyl or cyclic N) is 1. The summed E-state index contributed by atoms with van der Waals surface area (Å²) >= 11 is 0. The van der Waals surface area contributed by atoms with Crippen LogP contribution in [0.3, 0.4) is 0 Å². The molecule has 0 saturated carbocycles. The maximum absolute atomic E-state index is 14.9. The molecule has 3 N–H and O–H groups in total. The molecule has 0 unspecified atom stereocenters. The number of nitrogens with zero attached hydrogens (tertiary/aromatic N) is 2. The van der Waals surface area contributed by atoms with Crippen molar-refractivity contribution >= 4 is 17.7 Å². The number of H-pyrrole nitrogens is 1. The number of hydrogen-bond acceptors (Lipinski definition) is 8. The molecule has 12 heteroatoms. The Morgan fingerprint density at radius 2 is 1.81 bits per heavy atom. The summed E-state index contributed by atoms with van der Waals surface area (Å²) < 4.78 is 39.6. The van der Waals surface area contributed by atoms with E-state index in [-0.39, 0.29) is 47.4 Å². The molecule has 246 valence electrons. The van der Waals surface area contributed by atoms with Gasteiger partial charge in [0.1, 0.15) is 35.0 Å². The number of aliphatic hydroxyl groups excluding tert-OH is 1. The summed E-state index contributed by atoms with van der Waals surface area (Å²) in [6.45, 7) is 3.08. The molecule has 3 heterocycles. The van der Waals surface area contributed by atoms with E-state index in [4.69, 9.17) is 9.47 Å². The Bertz CT molecular complexity index is 1760. The monoisotopic (exact) mass is 646 g/mol. The Labute approximate surface area is 270 Å². The second-order valence-corrected chi connectivity index (χ2v) is 11.6. The molecule has 1 amide bonds. The fraction of sp³-hybridized carbons (Fsp3) is 0.314. The summed E-state index contributed by atoms with van der Waals surface area (Å²) in [7, 11) is 1.32. The molecule has 2 aromatic carbocycles.